The minimum atomic E-state index is -0.183. The van der Waals surface area contributed by atoms with E-state index in [0.29, 0.717) is 28.5 Å². The molecule has 0 unspecified atom stereocenters. The first-order chi connectivity index (χ1) is 13.0. The number of nitrogens with two attached hydrogens (primary N) is 1. The molecule has 2 aromatic carbocycles. The molecule has 0 aliphatic rings. The van der Waals surface area contributed by atoms with Crippen LogP contribution in [0.3, 0.4) is 0 Å². The summed E-state index contributed by atoms with van der Waals surface area (Å²) < 4.78 is 0. The molecule has 0 saturated heterocycles. The number of hydrogen-bond donors (Lipinski definition) is 3. The van der Waals surface area contributed by atoms with Crippen molar-refractivity contribution in [3.05, 3.63) is 70.1 Å². The van der Waals surface area contributed by atoms with E-state index in [2.05, 4.69) is 16.9 Å². The van der Waals surface area contributed by atoms with Gasteiger partial charge in [0.25, 0.3) is 5.56 Å². The molecule has 0 aliphatic carbocycles. The van der Waals surface area contributed by atoms with Gasteiger partial charge in [0, 0.05) is 17.1 Å². The lowest BCUT2D eigenvalue weighted by molar-refractivity contribution is 0.477. The van der Waals surface area contributed by atoms with Gasteiger partial charge in [-0.3, -0.25) is 9.78 Å². The van der Waals surface area contributed by atoms with Gasteiger partial charge in [-0.15, -0.1) is 0 Å². The molecule has 0 bridgehead atoms. The van der Waals surface area contributed by atoms with Crippen LogP contribution in [0.15, 0.2) is 53.5 Å². The zero-order valence-corrected chi connectivity index (χ0v) is 15.3. The van der Waals surface area contributed by atoms with Crippen LogP contribution in [0, 0.1) is 6.92 Å². The van der Waals surface area contributed by atoms with Gasteiger partial charge in [-0.05, 0) is 54.3 Å². The average molecular weight is 359 g/mol. The van der Waals surface area contributed by atoms with Crippen LogP contribution in [0.2, 0.25) is 0 Å². The van der Waals surface area contributed by atoms with Crippen LogP contribution in [0.25, 0.3) is 32.9 Å². The third-order valence-corrected chi connectivity index (χ3v) is 5.15. The summed E-state index contributed by atoms with van der Waals surface area (Å²) in [4.78, 5) is 19.9. The van der Waals surface area contributed by atoms with E-state index in [9.17, 15) is 9.90 Å². The van der Waals surface area contributed by atoms with E-state index in [4.69, 9.17) is 5.73 Å². The molecule has 0 amide bonds. The quantitative estimate of drug-likeness (QED) is 0.485. The normalized spacial score (nSPS) is 12.6. The van der Waals surface area contributed by atoms with Crippen molar-refractivity contribution >= 4 is 21.8 Å². The molecule has 4 aromatic rings. The second-order valence-electron chi connectivity index (χ2n) is 6.95. The second-order valence-corrected chi connectivity index (χ2v) is 6.95. The molecule has 4 N–H and O–H groups in total. The number of fused-ring (bicyclic) bond motifs is 3. The third-order valence-electron chi connectivity index (χ3n) is 5.15. The van der Waals surface area contributed by atoms with E-state index < -0.39 is 0 Å². The van der Waals surface area contributed by atoms with Gasteiger partial charge in [0.1, 0.15) is 5.75 Å². The van der Waals surface area contributed by atoms with E-state index >= 15 is 0 Å². The summed E-state index contributed by atoms with van der Waals surface area (Å²) in [6.07, 6.45) is 1.66. The number of aromatic nitrogens is 2. The van der Waals surface area contributed by atoms with E-state index in [-0.39, 0.29) is 17.2 Å². The lowest BCUT2D eigenvalue weighted by Gasteiger charge is -2.15. The van der Waals surface area contributed by atoms with Crippen molar-refractivity contribution < 1.29 is 5.11 Å². The van der Waals surface area contributed by atoms with Gasteiger partial charge in [-0.2, -0.15) is 0 Å². The molecule has 5 nitrogen and oxygen atoms in total. The first-order valence-electron chi connectivity index (χ1n) is 8.95. The first kappa shape index (κ1) is 17.2. The highest BCUT2D eigenvalue weighted by Gasteiger charge is 2.17. The van der Waals surface area contributed by atoms with Crippen molar-refractivity contribution in [1.82, 2.24) is 9.97 Å². The number of nitrogens with one attached hydrogen (secondary N) is 1. The van der Waals surface area contributed by atoms with Gasteiger partial charge >= 0.3 is 0 Å². The van der Waals surface area contributed by atoms with Crippen LogP contribution in [-0.4, -0.2) is 21.6 Å². The third kappa shape index (κ3) is 2.76. The Kier molecular flexibility index (Phi) is 4.16. The predicted octanol–water partition coefficient (Wildman–Crippen LogP) is 3.82. The highest BCUT2D eigenvalue weighted by Crippen LogP contribution is 2.40. The Morgan fingerprint density at radius 1 is 1.22 bits per heavy atom. The topological polar surface area (TPSA) is 92.0 Å². The van der Waals surface area contributed by atoms with Crippen LogP contribution >= 0.6 is 0 Å². The van der Waals surface area contributed by atoms with Crippen molar-refractivity contribution in [1.29, 1.82) is 0 Å². The number of hydrogen-bond acceptors (Lipinski definition) is 4. The molecule has 0 aliphatic heterocycles. The average Bonchev–Trinajstić information content (AvgIpc) is 2.69. The van der Waals surface area contributed by atoms with Crippen molar-refractivity contribution in [3.8, 4) is 16.9 Å². The Bertz CT molecular complexity index is 1210. The number of H-pyrrole nitrogens is 1. The summed E-state index contributed by atoms with van der Waals surface area (Å²) in [7, 11) is 0. The van der Waals surface area contributed by atoms with Gasteiger partial charge in [0.2, 0.25) is 0 Å². The molecule has 2 heterocycles. The van der Waals surface area contributed by atoms with Crippen LogP contribution in [0.1, 0.15) is 24.0 Å². The molecule has 0 radical (unpaired) electrons. The van der Waals surface area contributed by atoms with Crippen molar-refractivity contribution in [2.45, 2.75) is 19.8 Å². The molecule has 2 aromatic heterocycles. The Labute approximate surface area is 156 Å². The zero-order chi connectivity index (χ0) is 19.1. The molecule has 5 heteroatoms. The number of pyridine rings is 2. The molecule has 136 valence electrons. The molecule has 4 rings (SSSR count). The van der Waals surface area contributed by atoms with E-state index in [1.54, 1.807) is 24.4 Å². The number of rotatable bonds is 3. The maximum atomic E-state index is 12.5. The SMILES string of the molecule is Cc1cc(O)c(-c2ccc([C@@H](C)CN)cc2)c2c1[nH]c(=O)c1cccnc12. The summed E-state index contributed by atoms with van der Waals surface area (Å²) in [5, 5.41) is 12.0. The summed E-state index contributed by atoms with van der Waals surface area (Å²) in [5.74, 6) is 0.430. The summed E-state index contributed by atoms with van der Waals surface area (Å²) in [6.45, 7) is 4.52. The van der Waals surface area contributed by atoms with Gasteiger partial charge in [-0.25, -0.2) is 0 Å². The van der Waals surface area contributed by atoms with E-state index in [1.165, 1.54) is 0 Å². The Morgan fingerprint density at radius 3 is 2.67 bits per heavy atom. The number of phenols is 1. The summed E-state index contributed by atoms with van der Waals surface area (Å²) in [6, 6.07) is 13.2. The minimum Gasteiger partial charge on any atom is -0.507 e. The zero-order valence-electron chi connectivity index (χ0n) is 15.3. The van der Waals surface area contributed by atoms with Gasteiger partial charge in [0.05, 0.1) is 16.4 Å². The number of phenolic OH excluding ortho intramolecular Hbond substituents is 1. The molecule has 1 atom stereocenters. The summed E-state index contributed by atoms with van der Waals surface area (Å²) in [5.41, 5.74) is 10.3. The smallest absolute Gasteiger partial charge is 0.257 e. The maximum absolute atomic E-state index is 12.5. The van der Waals surface area contributed by atoms with Crippen molar-refractivity contribution in [3.63, 3.8) is 0 Å². The van der Waals surface area contributed by atoms with E-state index in [1.807, 2.05) is 31.2 Å². The highest BCUT2D eigenvalue weighted by atomic mass is 16.3. The molecular formula is C22H21N3O2. The van der Waals surface area contributed by atoms with Crippen molar-refractivity contribution in [2.75, 3.05) is 6.54 Å². The largest absolute Gasteiger partial charge is 0.507 e. The van der Waals surface area contributed by atoms with Gasteiger partial charge < -0.3 is 15.8 Å². The molecular weight excluding hydrogens is 338 g/mol. The molecule has 0 spiro atoms. The fourth-order valence-electron chi connectivity index (χ4n) is 3.57. The minimum absolute atomic E-state index is 0.165. The Hall–Kier alpha value is -3.18. The second kappa shape index (κ2) is 6.52. The van der Waals surface area contributed by atoms with Crippen LogP contribution in [0.4, 0.5) is 0 Å². The van der Waals surface area contributed by atoms with E-state index in [0.717, 1.165) is 22.1 Å². The standard InChI is InChI=1S/C22H21N3O2/c1-12-10-17(26)18(15-7-5-14(6-8-15)13(2)11-23)19-20(12)25-22(27)16-4-3-9-24-21(16)19/h3-10,13,26H,11,23H2,1-2H3,(H,25,27)/t13-/m0/s1. The fraction of sp³-hybridized carbons (Fsp3) is 0.182. The number of nitrogens with zero attached hydrogens (tertiary/aromatic N) is 1. The number of aryl methyl sites for hydroxylation is 1. The Balaban J connectivity index is 2.09. The Morgan fingerprint density at radius 2 is 1.96 bits per heavy atom. The lowest BCUT2D eigenvalue weighted by Crippen LogP contribution is -2.09. The summed E-state index contributed by atoms with van der Waals surface area (Å²) >= 11 is 0. The number of aromatic hydroxyl groups is 1. The molecule has 0 saturated carbocycles. The van der Waals surface area contributed by atoms with Crippen LogP contribution in [0.5, 0.6) is 5.75 Å². The van der Waals surface area contributed by atoms with Gasteiger partial charge in [0.15, 0.2) is 0 Å². The van der Waals surface area contributed by atoms with Gasteiger partial charge in [-0.1, -0.05) is 31.2 Å². The maximum Gasteiger partial charge on any atom is 0.257 e. The van der Waals surface area contributed by atoms with Crippen LogP contribution < -0.4 is 11.3 Å². The number of benzene rings is 2. The van der Waals surface area contributed by atoms with Crippen LogP contribution in [-0.2, 0) is 0 Å². The number of aromatic amines is 1. The predicted molar refractivity (Wildman–Crippen MR) is 109 cm³/mol. The fourth-order valence-corrected chi connectivity index (χ4v) is 3.57. The molecule has 0 fully saturated rings. The lowest BCUT2D eigenvalue weighted by atomic mass is 9.93. The van der Waals surface area contributed by atoms with Crippen molar-refractivity contribution in [2.24, 2.45) is 5.73 Å². The highest BCUT2D eigenvalue weighted by molar-refractivity contribution is 6.13. The molecule has 27 heavy (non-hydrogen) atoms. The first-order valence-corrected chi connectivity index (χ1v) is 8.95. The monoisotopic (exact) mass is 359 g/mol.